The lowest BCUT2D eigenvalue weighted by atomic mass is 9.99. The minimum atomic E-state index is -4.51. The van der Waals surface area contributed by atoms with Crippen molar-refractivity contribution >= 4 is 11.6 Å². The Morgan fingerprint density at radius 1 is 1.18 bits per heavy atom. The first kappa shape index (κ1) is 23.4. The second kappa shape index (κ2) is 9.61. The number of rotatable bonds is 5. The Labute approximate surface area is 194 Å². The first-order valence-corrected chi connectivity index (χ1v) is 11.0. The van der Waals surface area contributed by atoms with E-state index in [2.05, 4.69) is 19.9 Å². The van der Waals surface area contributed by atoms with Gasteiger partial charge in [-0.3, -0.25) is 9.88 Å². The SMILES string of the molecule is Cc1ccc(-c2ncccn2)c(CN2CCCC(Oc3ncc(C(F)(F)F)cc3Cl)C2C)n1. The molecule has 0 aliphatic carbocycles. The van der Waals surface area contributed by atoms with Crippen LogP contribution < -0.4 is 4.74 Å². The van der Waals surface area contributed by atoms with E-state index in [0.717, 1.165) is 48.6 Å². The van der Waals surface area contributed by atoms with Crippen molar-refractivity contribution in [2.75, 3.05) is 6.54 Å². The van der Waals surface area contributed by atoms with Gasteiger partial charge in [0, 0.05) is 42.4 Å². The maximum Gasteiger partial charge on any atom is 0.417 e. The van der Waals surface area contributed by atoms with E-state index in [4.69, 9.17) is 21.3 Å². The number of aryl methyl sites for hydroxylation is 1. The van der Waals surface area contributed by atoms with Gasteiger partial charge < -0.3 is 4.74 Å². The number of alkyl halides is 3. The summed E-state index contributed by atoms with van der Waals surface area (Å²) in [4.78, 5) is 19.5. The fourth-order valence-electron chi connectivity index (χ4n) is 3.93. The highest BCUT2D eigenvalue weighted by Gasteiger charge is 2.34. The van der Waals surface area contributed by atoms with Crippen molar-refractivity contribution in [3.05, 3.63) is 64.8 Å². The molecule has 2 unspecified atom stereocenters. The van der Waals surface area contributed by atoms with E-state index in [1.165, 1.54) is 0 Å². The summed E-state index contributed by atoms with van der Waals surface area (Å²) in [5.41, 5.74) is 1.71. The topological polar surface area (TPSA) is 64.0 Å². The zero-order chi connectivity index (χ0) is 23.6. The van der Waals surface area contributed by atoms with Crippen LogP contribution in [0.3, 0.4) is 0 Å². The third kappa shape index (κ3) is 5.42. The zero-order valence-electron chi connectivity index (χ0n) is 18.2. The standard InChI is InChI=1S/C23H23ClF3N5O/c1-14-6-7-17(21-28-8-4-9-29-21)19(31-14)13-32-10-3-5-20(15(32)2)33-22-18(24)11-16(12-30-22)23(25,26)27/h4,6-9,11-12,15,20H,3,5,10,13H2,1-2H3. The lowest BCUT2D eigenvalue weighted by molar-refractivity contribution is -0.137. The van der Waals surface area contributed by atoms with Crippen molar-refractivity contribution in [3.63, 3.8) is 0 Å². The van der Waals surface area contributed by atoms with Crippen molar-refractivity contribution in [1.82, 2.24) is 24.8 Å². The van der Waals surface area contributed by atoms with Crippen molar-refractivity contribution in [1.29, 1.82) is 0 Å². The molecule has 1 aliphatic rings. The van der Waals surface area contributed by atoms with Crippen molar-refractivity contribution in [2.24, 2.45) is 0 Å². The maximum atomic E-state index is 12.9. The molecular weight excluding hydrogens is 455 g/mol. The molecule has 174 valence electrons. The molecule has 3 aromatic rings. The molecular formula is C23H23ClF3N5O. The molecule has 0 N–H and O–H groups in total. The molecule has 0 spiro atoms. The Hall–Kier alpha value is -2.78. The molecule has 33 heavy (non-hydrogen) atoms. The van der Waals surface area contributed by atoms with Gasteiger partial charge in [-0.25, -0.2) is 15.0 Å². The van der Waals surface area contributed by atoms with E-state index < -0.39 is 11.7 Å². The highest BCUT2D eigenvalue weighted by molar-refractivity contribution is 6.31. The Balaban J connectivity index is 1.52. The van der Waals surface area contributed by atoms with Crippen LogP contribution in [0.15, 0.2) is 42.9 Å². The molecule has 0 bridgehead atoms. The average molecular weight is 478 g/mol. The van der Waals surface area contributed by atoms with Gasteiger partial charge in [-0.15, -0.1) is 0 Å². The number of hydrogen-bond acceptors (Lipinski definition) is 6. The van der Waals surface area contributed by atoms with Crippen LogP contribution in [0.2, 0.25) is 5.02 Å². The molecule has 1 fully saturated rings. The van der Waals surface area contributed by atoms with E-state index in [1.54, 1.807) is 18.5 Å². The highest BCUT2D eigenvalue weighted by atomic mass is 35.5. The Morgan fingerprint density at radius 2 is 1.94 bits per heavy atom. The van der Waals surface area contributed by atoms with Crippen LogP contribution in [-0.2, 0) is 12.7 Å². The molecule has 4 heterocycles. The van der Waals surface area contributed by atoms with Crippen LogP contribution in [0.5, 0.6) is 5.88 Å². The number of aromatic nitrogens is 4. The smallest absolute Gasteiger partial charge is 0.417 e. The predicted molar refractivity (Wildman–Crippen MR) is 118 cm³/mol. The lowest BCUT2D eigenvalue weighted by Gasteiger charge is -2.39. The third-order valence-electron chi connectivity index (χ3n) is 5.72. The van der Waals surface area contributed by atoms with E-state index >= 15 is 0 Å². The Bertz CT molecular complexity index is 1110. The fraction of sp³-hybridized carbons (Fsp3) is 0.391. The van der Waals surface area contributed by atoms with Gasteiger partial charge in [-0.2, -0.15) is 13.2 Å². The molecule has 0 aromatic carbocycles. The second-order valence-corrected chi connectivity index (χ2v) is 8.44. The first-order valence-electron chi connectivity index (χ1n) is 10.6. The second-order valence-electron chi connectivity index (χ2n) is 8.04. The summed E-state index contributed by atoms with van der Waals surface area (Å²) in [5, 5.41) is -0.155. The number of hydrogen-bond donors (Lipinski definition) is 0. The van der Waals surface area contributed by atoms with Crippen LogP contribution in [0, 0.1) is 6.92 Å². The van der Waals surface area contributed by atoms with Crippen molar-refractivity contribution in [2.45, 2.75) is 51.6 Å². The van der Waals surface area contributed by atoms with Gasteiger partial charge in [-0.05, 0) is 57.5 Å². The van der Waals surface area contributed by atoms with Gasteiger partial charge in [0.05, 0.1) is 11.3 Å². The highest BCUT2D eigenvalue weighted by Crippen LogP contribution is 2.34. The summed E-state index contributed by atoms with van der Waals surface area (Å²) in [6, 6.07) is 6.48. The largest absolute Gasteiger partial charge is 0.472 e. The van der Waals surface area contributed by atoms with Gasteiger partial charge >= 0.3 is 6.18 Å². The number of nitrogens with zero attached hydrogens (tertiary/aromatic N) is 5. The van der Waals surface area contributed by atoms with Crippen LogP contribution in [0.25, 0.3) is 11.4 Å². The normalized spacial score (nSPS) is 19.5. The van der Waals surface area contributed by atoms with E-state index in [1.807, 2.05) is 26.0 Å². The summed E-state index contributed by atoms with van der Waals surface area (Å²) in [7, 11) is 0. The molecule has 0 saturated carbocycles. The quantitative estimate of drug-likeness (QED) is 0.494. The average Bonchev–Trinajstić information content (AvgIpc) is 2.78. The van der Waals surface area contributed by atoms with Crippen molar-refractivity contribution < 1.29 is 17.9 Å². The minimum Gasteiger partial charge on any atom is -0.472 e. The molecule has 4 rings (SSSR count). The van der Waals surface area contributed by atoms with E-state index in [0.29, 0.717) is 12.4 Å². The van der Waals surface area contributed by atoms with E-state index in [-0.39, 0.29) is 23.0 Å². The lowest BCUT2D eigenvalue weighted by Crippen LogP contribution is -2.48. The third-order valence-corrected chi connectivity index (χ3v) is 5.99. The predicted octanol–water partition coefficient (Wildman–Crippen LogP) is 5.35. The monoisotopic (exact) mass is 477 g/mol. The summed E-state index contributed by atoms with van der Waals surface area (Å²) in [6.45, 7) is 5.35. The van der Waals surface area contributed by atoms with Crippen LogP contribution in [0.4, 0.5) is 13.2 Å². The van der Waals surface area contributed by atoms with Crippen LogP contribution >= 0.6 is 11.6 Å². The van der Waals surface area contributed by atoms with Crippen LogP contribution in [-0.4, -0.2) is 43.5 Å². The molecule has 1 aliphatic heterocycles. The molecule has 0 radical (unpaired) electrons. The van der Waals surface area contributed by atoms with Gasteiger partial charge in [0.2, 0.25) is 5.88 Å². The number of pyridine rings is 2. The summed E-state index contributed by atoms with van der Waals surface area (Å²) < 4.78 is 44.7. The van der Waals surface area contributed by atoms with Gasteiger partial charge in [-0.1, -0.05) is 11.6 Å². The molecule has 1 saturated heterocycles. The Morgan fingerprint density at radius 3 is 2.64 bits per heavy atom. The number of likely N-dealkylation sites (tertiary alicyclic amines) is 1. The summed E-state index contributed by atoms with van der Waals surface area (Å²) in [6.07, 6.45) is 0.950. The molecule has 10 heteroatoms. The molecule has 6 nitrogen and oxygen atoms in total. The number of ether oxygens (including phenoxy) is 1. The zero-order valence-corrected chi connectivity index (χ0v) is 18.9. The van der Waals surface area contributed by atoms with E-state index in [9.17, 15) is 13.2 Å². The Kier molecular flexibility index (Phi) is 6.81. The van der Waals surface area contributed by atoms with Gasteiger partial charge in [0.1, 0.15) is 11.1 Å². The number of halogens is 4. The summed E-state index contributed by atoms with van der Waals surface area (Å²) in [5.74, 6) is 0.619. The minimum absolute atomic E-state index is 0.00965. The van der Waals surface area contributed by atoms with Gasteiger partial charge in [0.15, 0.2) is 5.82 Å². The molecule has 3 aromatic heterocycles. The number of piperidine rings is 1. The first-order chi connectivity index (χ1) is 15.7. The van der Waals surface area contributed by atoms with Gasteiger partial charge in [0.25, 0.3) is 0 Å². The van der Waals surface area contributed by atoms with Crippen molar-refractivity contribution in [3.8, 4) is 17.3 Å². The van der Waals surface area contributed by atoms with Crippen LogP contribution in [0.1, 0.15) is 36.7 Å². The fourth-order valence-corrected chi connectivity index (χ4v) is 4.14. The molecule has 2 atom stereocenters. The maximum absolute atomic E-state index is 12.9. The summed E-state index contributed by atoms with van der Waals surface area (Å²) >= 11 is 6.05. The molecule has 0 amide bonds.